The summed E-state index contributed by atoms with van der Waals surface area (Å²) in [5.74, 6) is -0.567. The maximum absolute atomic E-state index is 14.0. The number of nitrogens with one attached hydrogen (secondary N) is 1. The van der Waals surface area contributed by atoms with Gasteiger partial charge in [-0.1, -0.05) is 18.2 Å². The van der Waals surface area contributed by atoms with Crippen LogP contribution in [0.2, 0.25) is 0 Å². The van der Waals surface area contributed by atoms with E-state index in [1.165, 1.54) is 17.9 Å². The van der Waals surface area contributed by atoms with Gasteiger partial charge in [-0.05, 0) is 52.3 Å². The molecule has 38 heavy (non-hydrogen) atoms. The van der Waals surface area contributed by atoms with Crippen molar-refractivity contribution in [3.63, 3.8) is 0 Å². The zero-order chi connectivity index (χ0) is 27.0. The van der Waals surface area contributed by atoms with Gasteiger partial charge in [0.15, 0.2) is 17.2 Å². The molecule has 0 aliphatic carbocycles. The van der Waals surface area contributed by atoms with Crippen molar-refractivity contribution in [2.75, 3.05) is 12.4 Å². The molecule has 0 spiro atoms. The second kappa shape index (κ2) is 9.89. The van der Waals surface area contributed by atoms with Gasteiger partial charge in [0.2, 0.25) is 0 Å². The normalized spacial score (nSPS) is 11.6. The third-order valence-corrected chi connectivity index (χ3v) is 6.21. The number of amides is 1. The second-order valence-corrected chi connectivity index (χ2v) is 8.97. The standard InChI is InChI=1S/C25H17BrF4N6O2/c1-38-16-8-6-14(7-9-16)20-10-21(25(28,29)30)36-23(32-20)17(11-31-36)24(37)33-22-18(26)13-35(34-22)12-15-4-2-3-5-19(15)27/h2-11,13H,12H2,1H3,(H,33,34,37). The Kier molecular flexibility index (Phi) is 6.61. The topological polar surface area (TPSA) is 86.3 Å². The van der Waals surface area contributed by atoms with Crippen molar-refractivity contribution in [2.45, 2.75) is 12.7 Å². The van der Waals surface area contributed by atoms with E-state index in [9.17, 15) is 22.4 Å². The molecule has 8 nitrogen and oxygen atoms in total. The van der Waals surface area contributed by atoms with Crippen molar-refractivity contribution in [2.24, 2.45) is 0 Å². The van der Waals surface area contributed by atoms with Crippen molar-refractivity contribution in [1.82, 2.24) is 24.4 Å². The molecule has 1 N–H and O–H groups in total. The molecule has 0 fully saturated rings. The highest BCUT2D eigenvalue weighted by molar-refractivity contribution is 9.10. The third kappa shape index (κ3) is 4.96. The smallest absolute Gasteiger partial charge is 0.433 e. The quantitative estimate of drug-likeness (QED) is 0.252. The van der Waals surface area contributed by atoms with Crippen molar-refractivity contribution in [3.8, 4) is 17.0 Å². The minimum atomic E-state index is -4.77. The largest absolute Gasteiger partial charge is 0.497 e. The van der Waals surface area contributed by atoms with Crippen LogP contribution in [-0.4, -0.2) is 37.4 Å². The number of anilines is 1. The fourth-order valence-electron chi connectivity index (χ4n) is 3.77. The van der Waals surface area contributed by atoms with Crippen molar-refractivity contribution < 1.29 is 27.1 Å². The number of carbonyl (C=O) groups is 1. The summed E-state index contributed by atoms with van der Waals surface area (Å²) in [6.45, 7) is 0.0968. The molecule has 0 bridgehead atoms. The van der Waals surface area contributed by atoms with Crippen LogP contribution in [0.1, 0.15) is 21.6 Å². The number of hydrogen-bond donors (Lipinski definition) is 1. The van der Waals surface area contributed by atoms with Crippen LogP contribution in [0, 0.1) is 5.82 Å². The number of carbonyl (C=O) groups excluding carboxylic acids is 1. The third-order valence-electron chi connectivity index (χ3n) is 5.63. The number of fused-ring (bicyclic) bond motifs is 1. The minimum Gasteiger partial charge on any atom is -0.497 e. The summed E-state index contributed by atoms with van der Waals surface area (Å²) in [5.41, 5.74) is -0.800. The number of alkyl halides is 3. The maximum Gasteiger partial charge on any atom is 0.433 e. The molecule has 3 aromatic heterocycles. The number of aromatic nitrogens is 5. The Balaban J connectivity index is 1.49. The Labute approximate surface area is 221 Å². The molecule has 3 heterocycles. The van der Waals surface area contributed by atoms with E-state index in [4.69, 9.17) is 4.74 Å². The number of methoxy groups -OCH3 is 1. The zero-order valence-corrected chi connectivity index (χ0v) is 21.1. The molecule has 0 radical (unpaired) electrons. The monoisotopic (exact) mass is 588 g/mol. The first-order chi connectivity index (χ1) is 18.1. The SMILES string of the molecule is COc1ccc(-c2cc(C(F)(F)F)n3ncc(C(=O)Nc4nn(Cc5ccccc5F)cc4Br)c3n2)cc1. The lowest BCUT2D eigenvalue weighted by atomic mass is 10.1. The molecule has 1 amide bonds. The van der Waals surface area contributed by atoms with E-state index in [0.717, 1.165) is 12.3 Å². The summed E-state index contributed by atoms with van der Waals surface area (Å²) in [5, 5.41) is 10.6. The molecule has 5 aromatic rings. The van der Waals surface area contributed by atoms with Gasteiger partial charge in [0.05, 0.1) is 30.0 Å². The van der Waals surface area contributed by atoms with Crippen LogP contribution in [0.5, 0.6) is 5.75 Å². The predicted octanol–water partition coefficient (Wildman–Crippen LogP) is 5.82. The van der Waals surface area contributed by atoms with Gasteiger partial charge in [-0.25, -0.2) is 13.9 Å². The van der Waals surface area contributed by atoms with Crippen molar-refractivity contribution in [1.29, 1.82) is 0 Å². The van der Waals surface area contributed by atoms with Crippen LogP contribution in [0.4, 0.5) is 23.4 Å². The van der Waals surface area contributed by atoms with Gasteiger partial charge in [0, 0.05) is 17.3 Å². The van der Waals surface area contributed by atoms with Gasteiger partial charge >= 0.3 is 6.18 Å². The Morgan fingerprint density at radius 1 is 1.13 bits per heavy atom. The molecular formula is C25H17BrF4N6O2. The fourth-order valence-corrected chi connectivity index (χ4v) is 4.19. The average Bonchev–Trinajstić information content (AvgIpc) is 3.47. The van der Waals surface area contributed by atoms with Crippen LogP contribution in [0.3, 0.4) is 0 Å². The first-order valence-electron chi connectivity index (χ1n) is 11.0. The molecule has 13 heteroatoms. The van der Waals surface area contributed by atoms with E-state index in [2.05, 4.69) is 36.4 Å². The maximum atomic E-state index is 14.0. The summed E-state index contributed by atoms with van der Waals surface area (Å²) in [7, 11) is 1.47. The Morgan fingerprint density at radius 2 is 1.87 bits per heavy atom. The molecule has 0 unspecified atom stereocenters. The average molecular weight is 589 g/mol. The number of rotatable bonds is 6. The van der Waals surface area contributed by atoms with E-state index in [0.29, 0.717) is 25.9 Å². The summed E-state index contributed by atoms with van der Waals surface area (Å²) in [6, 6.07) is 13.4. The number of hydrogen-bond acceptors (Lipinski definition) is 5. The Bertz CT molecular complexity index is 1650. The molecule has 2 aromatic carbocycles. The highest BCUT2D eigenvalue weighted by atomic mass is 79.9. The molecular weight excluding hydrogens is 572 g/mol. The van der Waals surface area contributed by atoms with E-state index in [-0.39, 0.29) is 29.3 Å². The zero-order valence-electron chi connectivity index (χ0n) is 19.5. The van der Waals surface area contributed by atoms with Gasteiger partial charge in [0.1, 0.15) is 17.1 Å². The summed E-state index contributed by atoms with van der Waals surface area (Å²) >= 11 is 3.29. The van der Waals surface area contributed by atoms with Gasteiger partial charge in [-0.15, -0.1) is 0 Å². The summed E-state index contributed by atoms with van der Waals surface area (Å²) < 4.78 is 63.2. The van der Waals surface area contributed by atoms with Crippen molar-refractivity contribution in [3.05, 3.63) is 94.1 Å². The Hall–Kier alpha value is -4.26. The number of nitrogens with zero attached hydrogens (tertiary/aromatic N) is 5. The highest BCUT2D eigenvalue weighted by Gasteiger charge is 2.36. The van der Waals surface area contributed by atoms with E-state index in [1.807, 2.05) is 0 Å². The number of halogens is 5. The van der Waals surface area contributed by atoms with E-state index >= 15 is 0 Å². The first-order valence-corrected chi connectivity index (χ1v) is 11.8. The number of ether oxygens (including phenoxy) is 1. The van der Waals surface area contributed by atoms with Gasteiger partial charge in [-0.2, -0.15) is 23.4 Å². The molecule has 0 saturated heterocycles. The molecule has 0 saturated carbocycles. The molecule has 5 rings (SSSR count). The van der Waals surface area contributed by atoms with Gasteiger partial charge < -0.3 is 10.1 Å². The highest BCUT2D eigenvalue weighted by Crippen LogP contribution is 2.33. The Morgan fingerprint density at radius 3 is 2.55 bits per heavy atom. The lowest BCUT2D eigenvalue weighted by Crippen LogP contribution is -2.16. The van der Waals surface area contributed by atoms with E-state index in [1.54, 1.807) is 48.7 Å². The lowest BCUT2D eigenvalue weighted by molar-refractivity contribution is -0.142. The molecule has 0 aliphatic rings. The van der Waals surface area contributed by atoms with E-state index < -0.39 is 23.6 Å². The van der Waals surface area contributed by atoms with Crippen LogP contribution in [0.25, 0.3) is 16.9 Å². The van der Waals surface area contributed by atoms with Crippen LogP contribution < -0.4 is 10.1 Å². The van der Waals surface area contributed by atoms with Crippen LogP contribution >= 0.6 is 15.9 Å². The second-order valence-electron chi connectivity index (χ2n) is 8.12. The molecule has 0 atom stereocenters. The molecule has 194 valence electrons. The predicted molar refractivity (Wildman–Crippen MR) is 133 cm³/mol. The van der Waals surface area contributed by atoms with Crippen LogP contribution in [-0.2, 0) is 12.7 Å². The van der Waals surface area contributed by atoms with Crippen molar-refractivity contribution >= 4 is 33.3 Å². The lowest BCUT2D eigenvalue weighted by Gasteiger charge is -2.12. The summed E-state index contributed by atoms with van der Waals surface area (Å²) in [4.78, 5) is 17.4. The van der Waals surface area contributed by atoms with Crippen LogP contribution in [0.15, 0.2) is 71.5 Å². The summed E-state index contributed by atoms with van der Waals surface area (Å²) in [6.07, 6.45) is -2.22. The number of benzene rings is 2. The van der Waals surface area contributed by atoms with Gasteiger partial charge in [-0.3, -0.25) is 9.48 Å². The fraction of sp³-hybridized carbons (Fsp3) is 0.120. The molecule has 0 aliphatic heterocycles. The first kappa shape index (κ1) is 25.4. The van der Waals surface area contributed by atoms with Gasteiger partial charge in [0.25, 0.3) is 5.91 Å². The minimum absolute atomic E-state index is 0.00243.